The highest BCUT2D eigenvalue weighted by Gasteiger charge is 2.13. The molecule has 0 unspecified atom stereocenters. The summed E-state index contributed by atoms with van der Waals surface area (Å²) in [6, 6.07) is 6.20. The smallest absolute Gasteiger partial charge is 0.335 e. The first-order valence-electron chi connectivity index (χ1n) is 11.5. The van der Waals surface area contributed by atoms with Crippen LogP contribution >= 0.6 is 0 Å². The molecule has 0 radical (unpaired) electrons. The predicted octanol–water partition coefficient (Wildman–Crippen LogP) is 5.16. The Balaban J connectivity index is 2.49. The lowest BCUT2D eigenvalue weighted by Gasteiger charge is -2.13. The van der Waals surface area contributed by atoms with Crippen molar-refractivity contribution in [2.75, 3.05) is 0 Å². The zero-order valence-corrected chi connectivity index (χ0v) is 22.0. The summed E-state index contributed by atoms with van der Waals surface area (Å²) >= 11 is 0. The molecule has 12 heteroatoms. The van der Waals surface area contributed by atoms with E-state index in [0.29, 0.717) is 10.8 Å². The molecule has 2 aromatic carbocycles. The molecule has 0 saturated carbocycles. The van der Waals surface area contributed by atoms with Gasteiger partial charge in [0.1, 0.15) is 50.1 Å². The molecule has 0 atom stereocenters. The first kappa shape index (κ1) is 31.9. The molecular formula is C30H24O12. The van der Waals surface area contributed by atoms with Crippen LogP contribution in [0, 0.1) is 0 Å². The van der Waals surface area contributed by atoms with Crippen LogP contribution < -0.4 is 18.9 Å². The number of hydrogen-bond acceptors (Lipinski definition) is 12. The molecule has 0 aliphatic heterocycles. The third-order valence-corrected chi connectivity index (χ3v) is 4.37. The van der Waals surface area contributed by atoms with E-state index in [1.807, 2.05) is 0 Å². The Bertz CT molecular complexity index is 1260. The first-order valence-corrected chi connectivity index (χ1v) is 11.5. The number of hydrogen-bond donors (Lipinski definition) is 0. The van der Waals surface area contributed by atoms with Gasteiger partial charge in [-0.15, -0.1) is 0 Å². The molecule has 2 aromatic rings. The topological polar surface area (TPSA) is 142 Å². The summed E-state index contributed by atoms with van der Waals surface area (Å²) in [5.74, 6) is -2.26. The second kappa shape index (κ2) is 17.3. The number of carbonyl (C=O) groups is 4. The van der Waals surface area contributed by atoms with Gasteiger partial charge in [-0.2, -0.15) is 0 Å². The highest BCUT2D eigenvalue weighted by atomic mass is 16.6. The highest BCUT2D eigenvalue weighted by Crippen LogP contribution is 2.39. The van der Waals surface area contributed by atoms with Gasteiger partial charge in [0.25, 0.3) is 0 Å². The van der Waals surface area contributed by atoms with Gasteiger partial charge in [0, 0.05) is 24.3 Å². The molecular weight excluding hydrogens is 552 g/mol. The van der Waals surface area contributed by atoms with Crippen molar-refractivity contribution in [3.63, 3.8) is 0 Å². The molecule has 42 heavy (non-hydrogen) atoms. The maximum atomic E-state index is 11.3. The van der Waals surface area contributed by atoms with Gasteiger partial charge < -0.3 is 37.9 Å². The quantitative estimate of drug-likeness (QED) is 0.113. The van der Waals surface area contributed by atoms with E-state index in [1.54, 1.807) is 24.3 Å². The van der Waals surface area contributed by atoms with Crippen LogP contribution in [0.4, 0.5) is 0 Å². The van der Waals surface area contributed by atoms with Gasteiger partial charge in [0.2, 0.25) is 0 Å². The van der Waals surface area contributed by atoms with Crippen LogP contribution in [0.15, 0.2) is 125 Å². The van der Waals surface area contributed by atoms with E-state index >= 15 is 0 Å². The van der Waals surface area contributed by atoms with Gasteiger partial charge in [0.15, 0.2) is 23.0 Å². The van der Waals surface area contributed by atoms with E-state index < -0.39 is 23.9 Å². The first-order chi connectivity index (χ1) is 20.3. The Labute approximate surface area is 239 Å². The Morgan fingerprint density at radius 1 is 0.405 bits per heavy atom. The number of carbonyl (C=O) groups excluding carboxylic acids is 4. The summed E-state index contributed by atoms with van der Waals surface area (Å²) in [7, 11) is 0. The lowest BCUT2D eigenvalue weighted by atomic mass is 10.1. The van der Waals surface area contributed by atoms with Crippen LogP contribution in [-0.4, -0.2) is 23.9 Å². The molecule has 216 valence electrons. The molecule has 0 aromatic heterocycles. The third-order valence-electron chi connectivity index (χ3n) is 4.37. The molecule has 0 N–H and O–H groups in total. The fraction of sp³-hybridized carbons (Fsp3) is 0. The van der Waals surface area contributed by atoms with E-state index in [9.17, 15) is 19.2 Å². The van der Waals surface area contributed by atoms with Crippen molar-refractivity contribution in [2.24, 2.45) is 0 Å². The lowest BCUT2D eigenvalue weighted by molar-refractivity contribution is -0.133. The number of rotatable bonds is 16. The van der Waals surface area contributed by atoms with Crippen LogP contribution in [0.5, 0.6) is 23.0 Å². The summed E-state index contributed by atoms with van der Waals surface area (Å²) in [4.78, 5) is 45.1. The van der Waals surface area contributed by atoms with E-state index in [2.05, 4.69) is 26.3 Å². The second-order valence-electron chi connectivity index (χ2n) is 7.07. The van der Waals surface area contributed by atoms with Gasteiger partial charge in [-0.05, 0) is 35.0 Å². The highest BCUT2D eigenvalue weighted by molar-refractivity contribution is 5.89. The Kier molecular flexibility index (Phi) is 13.2. The van der Waals surface area contributed by atoms with Gasteiger partial charge in [-0.3, -0.25) is 0 Å². The Morgan fingerprint density at radius 3 is 0.810 bits per heavy atom. The Morgan fingerprint density at radius 2 is 0.619 bits per heavy atom. The van der Waals surface area contributed by atoms with Gasteiger partial charge >= 0.3 is 23.9 Å². The van der Waals surface area contributed by atoms with Crippen molar-refractivity contribution in [3.05, 3.63) is 125 Å². The molecule has 0 amide bonds. The zero-order chi connectivity index (χ0) is 30.7. The average Bonchev–Trinajstić information content (AvgIpc) is 3.00. The molecule has 0 saturated heterocycles. The molecule has 0 spiro atoms. The molecule has 0 fully saturated rings. The van der Waals surface area contributed by atoms with Crippen LogP contribution in [-0.2, 0) is 38.1 Å². The summed E-state index contributed by atoms with van der Waals surface area (Å²) in [5.41, 5.74) is 0. The van der Waals surface area contributed by atoms with Gasteiger partial charge in [-0.1, -0.05) is 26.3 Å². The predicted molar refractivity (Wildman–Crippen MR) is 148 cm³/mol. The molecule has 12 nitrogen and oxygen atoms in total. The number of ether oxygens (including phenoxy) is 8. The van der Waals surface area contributed by atoms with Crippen LogP contribution in [0.1, 0.15) is 0 Å². The summed E-state index contributed by atoms with van der Waals surface area (Å²) < 4.78 is 41.2. The van der Waals surface area contributed by atoms with E-state index in [0.717, 1.165) is 74.4 Å². The van der Waals surface area contributed by atoms with Crippen molar-refractivity contribution in [2.45, 2.75) is 0 Å². The maximum absolute atomic E-state index is 11.3. The van der Waals surface area contributed by atoms with Gasteiger partial charge in [0.05, 0.1) is 0 Å². The largest absolute Gasteiger partial charge is 0.458 e. The minimum absolute atomic E-state index is 0.138. The molecule has 0 aliphatic rings. The minimum atomic E-state index is -0.703. The van der Waals surface area contributed by atoms with Crippen molar-refractivity contribution >= 4 is 34.6 Å². The lowest BCUT2D eigenvalue weighted by Crippen LogP contribution is -1.96. The van der Waals surface area contributed by atoms with Gasteiger partial charge in [-0.25, -0.2) is 19.2 Å². The number of fused-ring (bicyclic) bond motifs is 1. The van der Waals surface area contributed by atoms with Crippen LogP contribution in [0.25, 0.3) is 10.8 Å². The normalized spacial score (nSPS) is 10.8. The summed E-state index contributed by atoms with van der Waals surface area (Å²) in [5, 5.41) is 1.08. The minimum Gasteiger partial charge on any atom is -0.458 e. The fourth-order valence-corrected chi connectivity index (χ4v) is 2.61. The van der Waals surface area contributed by atoms with Crippen LogP contribution in [0.2, 0.25) is 0 Å². The standard InChI is InChI=1S/C30H24O12/c1-5-27(31)39-13-9-35-23-17-21-19-25(37-11-15-41-29(33)7-3)26(38-12-16-42-30(34)8-4)20-22(21)18-24(23)36-10-14-40-28(32)6-2/h5-20H,1-4H2. The molecule has 0 heterocycles. The zero-order valence-electron chi connectivity index (χ0n) is 22.0. The average molecular weight is 577 g/mol. The third kappa shape index (κ3) is 10.8. The van der Waals surface area contributed by atoms with E-state index in [-0.39, 0.29) is 23.0 Å². The number of benzene rings is 2. The van der Waals surface area contributed by atoms with E-state index in [1.165, 1.54) is 0 Å². The SMILES string of the molecule is C=CC(=O)OC=COc1cc2cc(OC=COC(=O)C=C)c(OC=COC(=O)C=C)cc2cc1OC=COC(=O)C=C. The second-order valence-corrected chi connectivity index (χ2v) is 7.07. The Hall–Kier alpha value is -6.30. The molecule has 0 bridgehead atoms. The summed E-state index contributed by atoms with van der Waals surface area (Å²) in [6.07, 6.45) is 12.2. The van der Waals surface area contributed by atoms with Crippen molar-refractivity contribution in [3.8, 4) is 23.0 Å². The molecule has 0 aliphatic carbocycles. The van der Waals surface area contributed by atoms with E-state index in [4.69, 9.17) is 37.9 Å². The molecule has 2 rings (SSSR count). The summed E-state index contributed by atoms with van der Waals surface area (Å²) in [6.45, 7) is 13.2. The number of esters is 4. The monoisotopic (exact) mass is 576 g/mol. The van der Waals surface area contributed by atoms with Crippen LogP contribution in [0.3, 0.4) is 0 Å². The van der Waals surface area contributed by atoms with Crippen molar-refractivity contribution in [1.29, 1.82) is 0 Å². The maximum Gasteiger partial charge on any atom is 0.335 e. The van der Waals surface area contributed by atoms with Crippen molar-refractivity contribution in [1.82, 2.24) is 0 Å². The fourth-order valence-electron chi connectivity index (χ4n) is 2.61. The van der Waals surface area contributed by atoms with Crippen molar-refractivity contribution < 1.29 is 57.1 Å².